The summed E-state index contributed by atoms with van der Waals surface area (Å²) in [7, 11) is 0. The van der Waals surface area contributed by atoms with E-state index in [2.05, 4.69) is 18.3 Å². The molecule has 0 unspecified atom stereocenters. The standard InChI is InChI=1S/C12H20N2O2/c1-3-10-5-7-12(9-13,8-6-10)14-11(15)16-4-2/h10H,3-8H2,1-2H3,(H,14,15). The van der Waals surface area contributed by atoms with E-state index >= 15 is 0 Å². The van der Waals surface area contributed by atoms with Crippen LogP contribution in [0.25, 0.3) is 0 Å². The lowest BCUT2D eigenvalue weighted by Gasteiger charge is -2.34. The Morgan fingerprint density at radius 1 is 1.50 bits per heavy atom. The summed E-state index contributed by atoms with van der Waals surface area (Å²) in [6.45, 7) is 4.26. The van der Waals surface area contributed by atoms with Crippen LogP contribution in [0.1, 0.15) is 46.0 Å². The van der Waals surface area contributed by atoms with E-state index in [4.69, 9.17) is 4.74 Å². The fraction of sp³-hybridized carbons (Fsp3) is 0.833. The van der Waals surface area contributed by atoms with Crippen molar-refractivity contribution in [2.24, 2.45) is 5.92 Å². The normalized spacial score (nSPS) is 29.2. The maximum Gasteiger partial charge on any atom is 0.408 e. The number of nitrogens with zero attached hydrogens (tertiary/aromatic N) is 1. The molecule has 1 saturated carbocycles. The molecule has 0 spiro atoms. The molecule has 1 rings (SSSR count). The summed E-state index contributed by atoms with van der Waals surface area (Å²) in [6.07, 6.45) is 4.18. The Kier molecular flexibility index (Phi) is 4.60. The number of nitrogens with one attached hydrogen (secondary N) is 1. The van der Waals surface area contributed by atoms with E-state index in [-0.39, 0.29) is 0 Å². The van der Waals surface area contributed by atoms with Gasteiger partial charge in [-0.05, 0) is 38.5 Å². The zero-order chi connectivity index (χ0) is 12.0. The number of alkyl carbamates (subject to hydrolysis) is 1. The average molecular weight is 224 g/mol. The highest BCUT2D eigenvalue weighted by atomic mass is 16.5. The van der Waals surface area contributed by atoms with Crippen molar-refractivity contribution in [1.29, 1.82) is 5.26 Å². The van der Waals surface area contributed by atoms with Crippen molar-refractivity contribution in [2.45, 2.75) is 51.5 Å². The predicted octanol–water partition coefficient (Wildman–Crippen LogP) is 2.60. The van der Waals surface area contributed by atoms with Gasteiger partial charge < -0.3 is 10.1 Å². The quantitative estimate of drug-likeness (QED) is 0.801. The highest BCUT2D eigenvalue weighted by molar-refractivity contribution is 5.69. The molecule has 1 aliphatic carbocycles. The third-order valence-electron chi connectivity index (χ3n) is 3.37. The van der Waals surface area contributed by atoms with Crippen LogP contribution in [0.2, 0.25) is 0 Å². The first-order valence-corrected chi connectivity index (χ1v) is 6.02. The van der Waals surface area contributed by atoms with Crippen LogP contribution < -0.4 is 5.32 Å². The molecule has 0 bridgehead atoms. The van der Waals surface area contributed by atoms with Gasteiger partial charge in [-0.25, -0.2) is 4.79 Å². The molecule has 0 aliphatic heterocycles. The highest BCUT2D eigenvalue weighted by Crippen LogP contribution is 2.33. The molecule has 4 nitrogen and oxygen atoms in total. The van der Waals surface area contributed by atoms with Gasteiger partial charge in [0.25, 0.3) is 0 Å². The van der Waals surface area contributed by atoms with Crippen molar-refractivity contribution in [2.75, 3.05) is 6.61 Å². The minimum atomic E-state index is -0.697. The van der Waals surface area contributed by atoms with Crippen molar-refractivity contribution < 1.29 is 9.53 Å². The second-order valence-corrected chi connectivity index (χ2v) is 4.39. The van der Waals surface area contributed by atoms with Gasteiger partial charge in [-0.1, -0.05) is 13.3 Å². The zero-order valence-electron chi connectivity index (χ0n) is 10.1. The molecule has 0 atom stereocenters. The summed E-state index contributed by atoms with van der Waals surface area (Å²) in [5.74, 6) is 0.700. The smallest absolute Gasteiger partial charge is 0.408 e. The molecular formula is C12H20N2O2. The molecule has 16 heavy (non-hydrogen) atoms. The third-order valence-corrected chi connectivity index (χ3v) is 3.37. The second kappa shape index (κ2) is 5.74. The fourth-order valence-electron chi connectivity index (χ4n) is 2.21. The lowest BCUT2D eigenvalue weighted by molar-refractivity contribution is 0.133. The van der Waals surface area contributed by atoms with Gasteiger partial charge in [-0.2, -0.15) is 5.26 Å². The van der Waals surface area contributed by atoms with Crippen LogP contribution in [0, 0.1) is 17.2 Å². The Morgan fingerprint density at radius 3 is 2.56 bits per heavy atom. The summed E-state index contributed by atoms with van der Waals surface area (Å²) < 4.78 is 4.82. The molecule has 1 amide bonds. The number of carbonyl (C=O) groups is 1. The second-order valence-electron chi connectivity index (χ2n) is 4.39. The van der Waals surface area contributed by atoms with Crippen molar-refractivity contribution >= 4 is 6.09 Å². The molecule has 0 saturated heterocycles. The maximum atomic E-state index is 11.3. The Bertz CT molecular complexity index is 275. The lowest BCUT2D eigenvalue weighted by atomic mass is 9.76. The molecule has 90 valence electrons. The number of ether oxygens (including phenoxy) is 1. The first kappa shape index (κ1) is 12.8. The monoisotopic (exact) mass is 224 g/mol. The van der Waals surface area contributed by atoms with Crippen LogP contribution in [0.15, 0.2) is 0 Å². The number of hydrogen-bond acceptors (Lipinski definition) is 3. The molecule has 4 heteroatoms. The molecule has 1 aliphatic rings. The molecule has 1 fully saturated rings. The van der Waals surface area contributed by atoms with Crippen molar-refractivity contribution in [3.05, 3.63) is 0 Å². The van der Waals surface area contributed by atoms with Crippen molar-refractivity contribution in [3.8, 4) is 6.07 Å². The molecule has 1 N–H and O–H groups in total. The van der Waals surface area contributed by atoms with Crippen LogP contribution in [-0.2, 0) is 4.74 Å². The van der Waals surface area contributed by atoms with E-state index in [0.29, 0.717) is 12.5 Å². The zero-order valence-corrected chi connectivity index (χ0v) is 10.1. The van der Waals surface area contributed by atoms with Gasteiger partial charge in [-0.15, -0.1) is 0 Å². The van der Waals surface area contributed by atoms with Crippen LogP contribution in [0.3, 0.4) is 0 Å². The third kappa shape index (κ3) is 3.13. The summed E-state index contributed by atoms with van der Waals surface area (Å²) in [5.41, 5.74) is -0.697. The van der Waals surface area contributed by atoms with E-state index in [0.717, 1.165) is 32.1 Å². The highest BCUT2D eigenvalue weighted by Gasteiger charge is 2.36. The molecule has 0 heterocycles. The minimum Gasteiger partial charge on any atom is -0.450 e. The number of amides is 1. The van der Waals surface area contributed by atoms with Crippen LogP contribution in [0.5, 0.6) is 0 Å². The van der Waals surface area contributed by atoms with Crippen LogP contribution in [0.4, 0.5) is 4.79 Å². The minimum absolute atomic E-state index is 0.338. The summed E-state index contributed by atoms with van der Waals surface area (Å²) in [6, 6.07) is 2.24. The van der Waals surface area contributed by atoms with Gasteiger partial charge in [0.2, 0.25) is 0 Å². The van der Waals surface area contributed by atoms with Gasteiger partial charge in [-0.3, -0.25) is 0 Å². The van der Waals surface area contributed by atoms with Crippen LogP contribution in [-0.4, -0.2) is 18.2 Å². The molecule has 0 aromatic heterocycles. The molecule has 0 aromatic rings. The van der Waals surface area contributed by atoms with E-state index in [9.17, 15) is 10.1 Å². The van der Waals surface area contributed by atoms with Gasteiger partial charge in [0.05, 0.1) is 12.7 Å². The molecule has 0 aromatic carbocycles. The first-order chi connectivity index (χ1) is 7.65. The van der Waals surface area contributed by atoms with E-state index in [1.807, 2.05) is 0 Å². The Balaban J connectivity index is 2.53. The van der Waals surface area contributed by atoms with Gasteiger partial charge in [0.1, 0.15) is 5.54 Å². The molecular weight excluding hydrogens is 204 g/mol. The number of nitriles is 1. The maximum absolute atomic E-state index is 11.3. The number of rotatable bonds is 3. The van der Waals surface area contributed by atoms with Crippen molar-refractivity contribution in [1.82, 2.24) is 5.32 Å². The summed E-state index contributed by atoms with van der Waals surface area (Å²) in [5, 5.41) is 11.9. The van der Waals surface area contributed by atoms with Gasteiger partial charge >= 0.3 is 6.09 Å². The predicted molar refractivity (Wildman–Crippen MR) is 60.8 cm³/mol. The number of hydrogen-bond donors (Lipinski definition) is 1. The largest absolute Gasteiger partial charge is 0.450 e. The van der Waals surface area contributed by atoms with Crippen molar-refractivity contribution in [3.63, 3.8) is 0 Å². The average Bonchev–Trinajstić information content (AvgIpc) is 2.30. The van der Waals surface area contributed by atoms with E-state index in [1.165, 1.54) is 0 Å². The molecule has 0 radical (unpaired) electrons. The Labute approximate surface area is 97.0 Å². The first-order valence-electron chi connectivity index (χ1n) is 6.02. The van der Waals surface area contributed by atoms with E-state index in [1.54, 1.807) is 6.92 Å². The topological polar surface area (TPSA) is 62.1 Å². The number of carbonyl (C=O) groups excluding carboxylic acids is 1. The van der Waals surface area contributed by atoms with Gasteiger partial charge in [0.15, 0.2) is 0 Å². The summed E-state index contributed by atoms with van der Waals surface area (Å²) in [4.78, 5) is 11.3. The SMILES string of the molecule is CCOC(=O)NC1(C#N)CCC(CC)CC1. The Hall–Kier alpha value is -1.24. The summed E-state index contributed by atoms with van der Waals surface area (Å²) >= 11 is 0. The Morgan fingerprint density at radius 2 is 2.12 bits per heavy atom. The fourth-order valence-corrected chi connectivity index (χ4v) is 2.21. The van der Waals surface area contributed by atoms with Gasteiger partial charge in [0, 0.05) is 0 Å². The van der Waals surface area contributed by atoms with E-state index < -0.39 is 11.6 Å². The van der Waals surface area contributed by atoms with Crippen LogP contribution >= 0.6 is 0 Å². The lowest BCUT2D eigenvalue weighted by Crippen LogP contribution is -2.49.